The van der Waals surface area contributed by atoms with Crippen molar-refractivity contribution >= 4 is 580 Å². The van der Waals surface area contributed by atoms with Crippen LogP contribution in [0, 0.1) is 13.8 Å². The summed E-state index contributed by atoms with van der Waals surface area (Å²) in [7, 11) is -10.2. The molecule has 0 spiro atoms. The second-order valence-corrected chi connectivity index (χ2v) is 54.2. The van der Waals surface area contributed by atoms with E-state index in [-0.39, 0.29) is 9.79 Å². The van der Waals surface area contributed by atoms with Gasteiger partial charge in [-0.25, -0.2) is 0 Å². The summed E-state index contributed by atoms with van der Waals surface area (Å²) in [4.78, 5) is 0.0150. The molecule has 0 saturated carbocycles. The Morgan fingerprint density at radius 2 is 0.246 bits per heavy atom. The van der Waals surface area contributed by atoms with Crippen molar-refractivity contribution in [2.45, 2.75) is 45.3 Å². The van der Waals surface area contributed by atoms with Crippen molar-refractivity contribution in [1.29, 1.82) is 0 Å². The predicted octanol–water partition coefficient (Wildman–Crippen LogP) is 34.2. The van der Waals surface area contributed by atoms with Gasteiger partial charge in [0.25, 0.3) is 20.2 Å². The molecule has 4 unspecified atom stereocenters. The first kappa shape index (κ1) is 54.5. The molecule has 0 heterocycles. The highest BCUT2D eigenvalue weighted by atomic mass is 32.2. The van der Waals surface area contributed by atoms with Gasteiger partial charge in [-0.3, -0.25) is 9.11 Å². The highest BCUT2D eigenvalue weighted by Crippen LogP contribution is 2.94. The molecule has 0 saturated heterocycles. The third-order valence-corrected chi connectivity index (χ3v) is 52.5. The molecule has 6 nitrogen and oxygen atoms in total. The fraction of sp³-hybridized carbons (Fsp3) is 0.0448. The van der Waals surface area contributed by atoms with Crippen LogP contribution in [0.3, 0.4) is 0 Å². The number of rotatable bonds is 5. The Morgan fingerprint density at radius 3 is 0.408 bits per heavy atom. The van der Waals surface area contributed by atoms with E-state index >= 15 is 16.8 Å². The fourth-order valence-corrected chi connectivity index (χ4v) is 52.2. The van der Waals surface area contributed by atoms with Crippen LogP contribution in [-0.2, 0) is 41.9 Å². The van der Waals surface area contributed by atoms with E-state index in [1.807, 2.05) is 24.3 Å². The molecule has 0 bridgehead atoms. The Morgan fingerprint density at radius 1 is 0.141 bits per heavy atom. The Hall–Kier alpha value is -16.8. The summed E-state index contributed by atoms with van der Waals surface area (Å²) in [6.45, 7) is 4.43. The van der Waals surface area contributed by atoms with Crippen LogP contribution in [0.25, 0.3) is 560 Å². The Bertz CT molecular complexity index is 16400. The molecule has 0 amide bonds. The van der Waals surface area contributed by atoms with Crippen molar-refractivity contribution in [2.24, 2.45) is 0 Å². The summed E-state index contributed by atoms with van der Waals surface area (Å²) < 4.78 is 93.6. The molecule has 2 N–H and O–H groups in total. The maximum absolute atomic E-state index is 16.6. The van der Waals surface area contributed by atoms with Gasteiger partial charge in [0, 0.05) is 0 Å². The molecule has 0 aliphatic heterocycles. The molecular weight excluding hydrogens is 1770 g/mol. The zero-order valence-electron chi connectivity index (χ0n) is 71.8. The number of hydrogen-bond acceptors (Lipinski definition) is 4. The van der Waals surface area contributed by atoms with Gasteiger partial charge < -0.3 is 0 Å². The summed E-state index contributed by atoms with van der Waals surface area (Å²) in [5.74, 6) is 0. The van der Waals surface area contributed by atoms with Gasteiger partial charge in [-0.05, 0) is 664 Å². The van der Waals surface area contributed by atoms with E-state index in [1.54, 1.807) is 10.8 Å². The molecule has 56 aromatic rings. The van der Waals surface area contributed by atoms with Crippen LogP contribution in [0.15, 0.2) is 46.2 Å². The first-order chi connectivity index (χ1) is 70.0. The van der Waals surface area contributed by atoms with Crippen LogP contribution < -0.4 is 0 Å². The first-order valence-corrected chi connectivity index (χ1v) is 54.5. The standard InChI is InChI=1S/C134H14O6S2/c1-9-3-5-13(141(135,136)137)11(7-9)131-119-103-85-71-45-31-19-21-25-17-15-23(19)41(45)53-49-27(15)35-29(17)51-55-43(25)47-33(21)39-37(31)59-75-61(39)79-73(47)87-83(55)91-65(51)69-57(35)67-63(49)89(81(53)85)111(119)115-93(67)95(69)117-113(91)121-105(87)99(79)109-101(75)107(97(103)77(59)71)123(131)127(109)133(121,129(117)125(115)131)134-122-106-88-74-48-34-22-20-24-16-18-26(22)44(48)56-52-30(18)36-28(16)50-54-42(24)46-32(20)38-40(34)62-76-60(38)78-72(46)86-82(54)90-64(50)68-58(36)70-66(52)92(84(56)88)114(122)118-96(70)94(68)116-112(90)120-104(86)98(78)108-102(76)110(100(106)80(62)74)128(134)124(108)132(120,126(116)130(118)134)12-8-10(2)4-6-14(12)142(138,139)140/h3-8H,1-2H3,(H,135,136,137)(H,138,139,140). The lowest BCUT2D eigenvalue weighted by atomic mass is 9.38. The van der Waals surface area contributed by atoms with E-state index in [4.69, 9.17) is 0 Å². The van der Waals surface area contributed by atoms with Gasteiger partial charge in [-0.2, -0.15) is 16.8 Å². The summed E-state index contributed by atoms with van der Waals surface area (Å²) in [5.41, 5.74) is 14.2. The lowest BCUT2D eigenvalue weighted by molar-refractivity contribution is 0.410. The van der Waals surface area contributed by atoms with E-state index < -0.39 is 41.9 Å². The van der Waals surface area contributed by atoms with Crippen molar-refractivity contribution < 1.29 is 25.9 Å². The average Bonchev–Trinajstić information content (AvgIpc) is 1.37. The van der Waals surface area contributed by atoms with Crippen molar-refractivity contribution in [3.05, 3.63) is 125 Å². The lowest BCUT2D eigenvalue weighted by Crippen LogP contribution is -2.59. The maximum Gasteiger partial charge on any atom is 0.294 e. The van der Waals surface area contributed by atoms with Crippen LogP contribution in [0.4, 0.5) is 0 Å². The molecule has 66 rings (SSSR count). The molecule has 56 aromatic carbocycles. The zero-order chi connectivity index (χ0) is 85.7. The minimum Gasteiger partial charge on any atom is -0.282 e. The molecule has 10 aliphatic carbocycles. The molecule has 598 valence electrons. The van der Waals surface area contributed by atoms with Crippen LogP contribution >= 0.6 is 0 Å². The fourth-order valence-electron chi connectivity index (χ4n) is 50.8. The summed E-state index contributed by atoms with van der Waals surface area (Å²) >= 11 is 0. The minimum absolute atomic E-state index is 0.00752. The van der Waals surface area contributed by atoms with E-state index in [0.29, 0.717) is 11.1 Å². The molecule has 4 atom stereocenters. The highest BCUT2D eigenvalue weighted by Gasteiger charge is 2.80. The second-order valence-electron chi connectivity index (χ2n) is 51.4. The molecule has 8 heteroatoms. The van der Waals surface area contributed by atoms with E-state index in [0.717, 1.165) is 11.1 Å². The average molecular weight is 1780 g/mol. The molecule has 10 aliphatic rings. The Balaban J connectivity index is 0.770. The number of benzene rings is 36. The summed E-state index contributed by atoms with van der Waals surface area (Å²) in [5, 5.41) is 152. The Labute approximate surface area is 770 Å². The number of hydrogen-bond donors (Lipinski definition) is 2. The van der Waals surface area contributed by atoms with Crippen LogP contribution in [0.1, 0.15) is 89.0 Å². The molecular formula is C134H14O6S2. The quantitative estimate of drug-likeness (QED) is 0.131. The van der Waals surface area contributed by atoms with Crippen molar-refractivity contribution in [2.75, 3.05) is 0 Å². The molecule has 0 fully saturated rings. The van der Waals surface area contributed by atoms with E-state index in [9.17, 15) is 9.11 Å². The van der Waals surface area contributed by atoms with Crippen LogP contribution in [0.5, 0.6) is 0 Å². The van der Waals surface area contributed by atoms with Crippen molar-refractivity contribution in [3.63, 3.8) is 0 Å². The largest absolute Gasteiger partial charge is 0.294 e. The molecule has 0 aromatic heterocycles. The zero-order valence-corrected chi connectivity index (χ0v) is 73.4. The second kappa shape index (κ2) is 12.3. The maximum atomic E-state index is 16.6. The van der Waals surface area contributed by atoms with Crippen molar-refractivity contribution in [1.82, 2.24) is 0 Å². The molecule has 0 radical (unpaired) electrons. The molecule has 142 heavy (non-hydrogen) atoms. The van der Waals surface area contributed by atoms with Crippen LogP contribution in [-0.4, -0.2) is 25.9 Å². The topological polar surface area (TPSA) is 109 Å². The summed E-state index contributed by atoms with van der Waals surface area (Å²) in [6, 6.07) is 12.4. The normalized spacial score (nSPS) is 22.0. The monoisotopic (exact) mass is 1780 g/mol. The van der Waals surface area contributed by atoms with E-state index in [1.165, 1.54) is 616 Å². The third-order valence-electron chi connectivity index (χ3n) is 50.7. The van der Waals surface area contributed by atoms with Gasteiger partial charge in [0.15, 0.2) is 0 Å². The summed E-state index contributed by atoms with van der Waals surface area (Å²) in [6.07, 6.45) is 0. The lowest BCUT2D eigenvalue weighted by Gasteiger charge is -2.61. The van der Waals surface area contributed by atoms with E-state index in [2.05, 4.69) is 26.0 Å². The van der Waals surface area contributed by atoms with Gasteiger partial charge in [0.05, 0.1) is 31.5 Å². The van der Waals surface area contributed by atoms with Crippen LogP contribution in [0.2, 0.25) is 0 Å². The minimum atomic E-state index is -5.10. The van der Waals surface area contributed by atoms with Crippen molar-refractivity contribution in [3.8, 4) is 0 Å². The van der Waals surface area contributed by atoms with Gasteiger partial charge in [-0.15, -0.1) is 0 Å². The van der Waals surface area contributed by atoms with Gasteiger partial charge in [-0.1, -0.05) is 35.4 Å². The Kier molecular flexibility index (Phi) is 4.73. The third kappa shape index (κ3) is 2.98. The number of aryl methyl sites for hydroxylation is 2. The van der Waals surface area contributed by atoms with Gasteiger partial charge in [0.1, 0.15) is 0 Å². The smallest absolute Gasteiger partial charge is 0.282 e. The predicted molar refractivity (Wildman–Crippen MR) is 585 cm³/mol. The van der Waals surface area contributed by atoms with Gasteiger partial charge >= 0.3 is 0 Å². The SMILES string of the molecule is Cc1ccc(S(=O)(=O)O)c(C23c4c5c6c7c8c9c%10c%11c(c2c2c%12c3c3c%13c4c6c4c6c%13c%13c3c3c%12c%12c%14c2c%11c2c%11c%10c%10c8c8c7c4c4c6c6c%13c7c3c%12c3c(c%142)c2c%11c%10c%10c8c4c4c%10c2c3c7c64)C59C23c4c5c6c7c8c9c%10c%11c(c2c2c%12c3c3c%13c4c6c4c6c7c7c8c8c%10c%10c%14c%11c2c2c%11c%12c%12c3c3c%13c4c4c6c6c7c7c8c%10c8c(c%142)c2c%11c%12c%10c3c4c3c%10c2c8c7c63)C59c2cc(C)ccc2S(=O)(=O)O)c1. The van der Waals surface area contributed by atoms with Gasteiger partial charge in [0.2, 0.25) is 0 Å². The highest BCUT2D eigenvalue weighted by molar-refractivity contribution is 7.86. The first-order valence-electron chi connectivity index (χ1n) is 51.7.